The third-order valence-corrected chi connectivity index (χ3v) is 5.85. The van der Waals surface area contributed by atoms with Crippen LogP contribution < -0.4 is 14.4 Å². The maximum absolute atomic E-state index is 13.2. The fraction of sp³-hybridized carbons (Fsp3) is 0.269. The van der Waals surface area contributed by atoms with Gasteiger partial charge < -0.3 is 14.4 Å². The Balaban J connectivity index is 1.58. The predicted molar refractivity (Wildman–Crippen MR) is 119 cm³/mol. The van der Waals surface area contributed by atoms with Gasteiger partial charge >= 0.3 is 0 Å². The van der Waals surface area contributed by atoms with E-state index in [0.717, 1.165) is 42.0 Å². The average molecular weight is 402 g/mol. The van der Waals surface area contributed by atoms with Gasteiger partial charge in [0.2, 0.25) is 5.91 Å². The van der Waals surface area contributed by atoms with E-state index in [0.29, 0.717) is 0 Å². The summed E-state index contributed by atoms with van der Waals surface area (Å²) in [6.07, 6.45) is 2.80. The first-order valence-electron chi connectivity index (χ1n) is 10.4. The molecule has 0 spiro atoms. The molecule has 1 heterocycles. The minimum absolute atomic E-state index is 0.0298. The zero-order valence-corrected chi connectivity index (χ0v) is 17.5. The van der Waals surface area contributed by atoms with Crippen LogP contribution in [0.1, 0.15) is 30.0 Å². The van der Waals surface area contributed by atoms with Crippen molar-refractivity contribution in [2.45, 2.75) is 25.3 Å². The number of hydrogen-bond donors (Lipinski definition) is 0. The highest BCUT2D eigenvalue weighted by Gasteiger charge is 2.49. The minimum Gasteiger partial charge on any atom is -0.497 e. The Bertz CT molecular complexity index is 985. The van der Waals surface area contributed by atoms with Crippen LogP contribution in [-0.4, -0.2) is 20.1 Å². The number of carbonyl (C=O) groups is 1. The highest BCUT2D eigenvalue weighted by Crippen LogP contribution is 2.48. The Morgan fingerprint density at radius 3 is 2.23 bits per heavy atom. The van der Waals surface area contributed by atoms with Crippen LogP contribution in [0.2, 0.25) is 0 Å². The van der Waals surface area contributed by atoms with Gasteiger partial charge in [-0.25, -0.2) is 0 Å². The summed E-state index contributed by atoms with van der Waals surface area (Å²) in [4.78, 5) is 15.1. The topological polar surface area (TPSA) is 38.8 Å². The molecule has 1 aliphatic rings. The van der Waals surface area contributed by atoms with Crippen LogP contribution in [0.15, 0.2) is 78.9 Å². The number of aryl methyl sites for hydroxylation is 1. The van der Waals surface area contributed by atoms with Crippen molar-refractivity contribution in [3.63, 3.8) is 0 Å². The van der Waals surface area contributed by atoms with E-state index in [1.54, 1.807) is 14.2 Å². The molecule has 2 atom stereocenters. The number of amides is 1. The molecule has 4 nitrogen and oxygen atoms in total. The van der Waals surface area contributed by atoms with E-state index in [-0.39, 0.29) is 17.9 Å². The second-order valence-electron chi connectivity index (χ2n) is 7.58. The van der Waals surface area contributed by atoms with Crippen LogP contribution >= 0.6 is 0 Å². The Morgan fingerprint density at radius 1 is 0.833 bits per heavy atom. The van der Waals surface area contributed by atoms with Gasteiger partial charge in [-0.2, -0.15) is 0 Å². The lowest BCUT2D eigenvalue weighted by Crippen LogP contribution is -2.55. The molecule has 1 saturated heterocycles. The van der Waals surface area contributed by atoms with Crippen molar-refractivity contribution in [3.8, 4) is 11.5 Å². The summed E-state index contributed by atoms with van der Waals surface area (Å²) in [7, 11) is 3.33. The van der Waals surface area contributed by atoms with E-state index in [1.807, 2.05) is 53.4 Å². The summed E-state index contributed by atoms with van der Waals surface area (Å²) < 4.78 is 10.9. The lowest BCUT2D eigenvalue weighted by molar-refractivity contribution is -0.130. The zero-order valence-electron chi connectivity index (χ0n) is 17.5. The number of carbonyl (C=O) groups excluding carboxylic acids is 1. The second kappa shape index (κ2) is 9.04. The fourth-order valence-corrected chi connectivity index (χ4v) is 4.30. The van der Waals surface area contributed by atoms with Crippen molar-refractivity contribution in [3.05, 3.63) is 90.0 Å². The summed E-state index contributed by atoms with van der Waals surface area (Å²) in [5, 5.41) is 0. The molecular formula is C26H27NO3. The van der Waals surface area contributed by atoms with Crippen LogP contribution in [0.25, 0.3) is 0 Å². The smallest absolute Gasteiger partial charge is 0.233 e. The maximum Gasteiger partial charge on any atom is 0.233 e. The molecule has 0 saturated carbocycles. The standard InChI is InChI=1S/C26H27NO3/c1-29-21-17-15-20(16-18-21)27-25(22-12-6-7-14-24(22)30-2)23(26(27)28)13-8-11-19-9-4-3-5-10-19/h3-7,9-10,12,14-18,23,25H,8,11,13H2,1-2H3/t23-,25-/m0/s1. The Morgan fingerprint density at radius 2 is 1.53 bits per heavy atom. The zero-order chi connectivity index (χ0) is 20.9. The monoisotopic (exact) mass is 401 g/mol. The van der Waals surface area contributed by atoms with E-state index >= 15 is 0 Å². The molecule has 1 fully saturated rings. The third-order valence-electron chi connectivity index (χ3n) is 5.85. The molecule has 0 unspecified atom stereocenters. The summed E-state index contributed by atoms with van der Waals surface area (Å²) >= 11 is 0. The van der Waals surface area contributed by atoms with Crippen molar-refractivity contribution in [1.82, 2.24) is 0 Å². The first kappa shape index (κ1) is 20.0. The number of rotatable bonds is 8. The highest BCUT2D eigenvalue weighted by atomic mass is 16.5. The molecule has 0 aliphatic carbocycles. The molecule has 154 valence electrons. The number of benzene rings is 3. The van der Waals surface area contributed by atoms with Gasteiger partial charge in [0.25, 0.3) is 0 Å². The third kappa shape index (κ3) is 3.90. The molecule has 0 aromatic heterocycles. The van der Waals surface area contributed by atoms with E-state index in [9.17, 15) is 4.79 Å². The molecule has 3 aromatic rings. The molecule has 1 aliphatic heterocycles. The summed E-state index contributed by atoms with van der Waals surface area (Å²) in [5.41, 5.74) is 3.25. The number of hydrogen-bond acceptors (Lipinski definition) is 3. The average Bonchev–Trinajstić information content (AvgIpc) is 2.81. The van der Waals surface area contributed by atoms with E-state index in [1.165, 1.54) is 5.56 Å². The predicted octanol–water partition coefficient (Wildman–Crippen LogP) is 5.43. The number of para-hydroxylation sites is 1. The Labute approximate surface area is 178 Å². The van der Waals surface area contributed by atoms with Crippen molar-refractivity contribution < 1.29 is 14.3 Å². The van der Waals surface area contributed by atoms with Crippen LogP contribution in [0, 0.1) is 5.92 Å². The van der Waals surface area contributed by atoms with Gasteiger partial charge in [0, 0.05) is 11.3 Å². The number of ether oxygens (including phenoxy) is 2. The molecule has 0 bridgehead atoms. The Kier molecular flexibility index (Phi) is 6.03. The van der Waals surface area contributed by atoms with Gasteiger partial charge in [-0.3, -0.25) is 4.79 Å². The van der Waals surface area contributed by atoms with Gasteiger partial charge in [-0.1, -0.05) is 48.5 Å². The maximum atomic E-state index is 13.2. The Hall–Kier alpha value is -3.27. The van der Waals surface area contributed by atoms with Crippen molar-refractivity contribution in [2.75, 3.05) is 19.1 Å². The fourth-order valence-electron chi connectivity index (χ4n) is 4.30. The molecule has 4 rings (SSSR count). The molecule has 3 aromatic carbocycles. The summed E-state index contributed by atoms with van der Waals surface area (Å²) in [6, 6.07) is 26.1. The molecule has 0 N–H and O–H groups in total. The SMILES string of the molecule is COc1ccc(N2C(=O)[C@@H](CCCc3ccccc3)[C@@H]2c2ccccc2OC)cc1. The highest BCUT2D eigenvalue weighted by molar-refractivity contribution is 6.03. The van der Waals surface area contributed by atoms with Crippen LogP contribution in [0.5, 0.6) is 11.5 Å². The van der Waals surface area contributed by atoms with Gasteiger partial charge in [-0.05, 0) is 55.2 Å². The number of methoxy groups -OCH3 is 2. The largest absolute Gasteiger partial charge is 0.497 e. The molecule has 4 heteroatoms. The van der Waals surface area contributed by atoms with Crippen LogP contribution in [0.3, 0.4) is 0 Å². The van der Waals surface area contributed by atoms with E-state index in [4.69, 9.17) is 9.47 Å². The van der Waals surface area contributed by atoms with Crippen molar-refractivity contribution in [1.29, 1.82) is 0 Å². The van der Waals surface area contributed by atoms with Gasteiger partial charge in [-0.15, -0.1) is 0 Å². The van der Waals surface area contributed by atoms with Crippen LogP contribution in [0.4, 0.5) is 5.69 Å². The first-order valence-corrected chi connectivity index (χ1v) is 10.4. The molecule has 30 heavy (non-hydrogen) atoms. The normalized spacial score (nSPS) is 18.1. The van der Waals surface area contributed by atoms with Gasteiger partial charge in [0.1, 0.15) is 11.5 Å². The van der Waals surface area contributed by atoms with Gasteiger partial charge in [0.05, 0.1) is 26.2 Å². The lowest BCUT2D eigenvalue weighted by Gasteiger charge is -2.48. The minimum atomic E-state index is -0.0490. The summed E-state index contributed by atoms with van der Waals surface area (Å²) in [6.45, 7) is 0. The quantitative estimate of drug-likeness (QED) is 0.472. The molecular weight excluding hydrogens is 374 g/mol. The first-order chi connectivity index (χ1) is 14.7. The second-order valence-corrected chi connectivity index (χ2v) is 7.58. The van der Waals surface area contributed by atoms with E-state index < -0.39 is 0 Å². The number of anilines is 1. The molecule has 1 amide bonds. The van der Waals surface area contributed by atoms with E-state index in [2.05, 4.69) is 30.3 Å². The van der Waals surface area contributed by atoms with Crippen molar-refractivity contribution in [2.24, 2.45) is 5.92 Å². The number of nitrogens with zero attached hydrogens (tertiary/aromatic N) is 1. The summed E-state index contributed by atoms with van der Waals surface area (Å²) in [5.74, 6) is 1.72. The number of β-lactam (4-membered cyclic amide) rings is 1. The lowest BCUT2D eigenvalue weighted by atomic mass is 9.78. The van der Waals surface area contributed by atoms with Gasteiger partial charge in [0.15, 0.2) is 0 Å². The van der Waals surface area contributed by atoms with Crippen LogP contribution in [-0.2, 0) is 11.2 Å². The van der Waals surface area contributed by atoms with Crippen molar-refractivity contribution >= 4 is 11.6 Å². The molecule has 0 radical (unpaired) electrons.